The zero-order valence-electron chi connectivity index (χ0n) is 11.4. The standard InChI is InChI=1S/C15H13F3O3/c1-9-13(20-2)7-6-12(14(9)16)15(17,18)21-11-5-3-4-10(19)8-11/h3-8,19H,1-2H3. The molecule has 1 N–H and O–H groups in total. The van der Waals surface area contributed by atoms with Gasteiger partial charge in [0, 0.05) is 11.6 Å². The van der Waals surface area contributed by atoms with Crippen LogP contribution >= 0.6 is 0 Å². The fraction of sp³-hybridized carbons (Fsp3) is 0.200. The molecule has 112 valence electrons. The van der Waals surface area contributed by atoms with Gasteiger partial charge >= 0.3 is 6.11 Å². The number of hydrogen-bond donors (Lipinski definition) is 1. The van der Waals surface area contributed by atoms with Gasteiger partial charge in [-0.2, -0.15) is 8.78 Å². The zero-order valence-corrected chi connectivity index (χ0v) is 11.4. The maximum atomic E-state index is 14.1. The summed E-state index contributed by atoms with van der Waals surface area (Å²) in [4.78, 5) is 0. The van der Waals surface area contributed by atoms with Gasteiger partial charge in [0.2, 0.25) is 0 Å². The third-order valence-corrected chi connectivity index (χ3v) is 2.93. The lowest BCUT2D eigenvalue weighted by Crippen LogP contribution is -2.24. The lowest BCUT2D eigenvalue weighted by Gasteiger charge is -2.20. The van der Waals surface area contributed by atoms with E-state index in [2.05, 4.69) is 4.74 Å². The van der Waals surface area contributed by atoms with Crippen molar-refractivity contribution < 1.29 is 27.8 Å². The molecular formula is C15H13F3O3. The SMILES string of the molecule is COc1ccc(C(F)(F)Oc2cccc(O)c2)c(F)c1C. The molecule has 2 rings (SSSR count). The van der Waals surface area contributed by atoms with Gasteiger partial charge in [-0.15, -0.1) is 0 Å². The van der Waals surface area contributed by atoms with E-state index in [0.717, 1.165) is 12.1 Å². The van der Waals surface area contributed by atoms with E-state index in [1.165, 1.54) is 38.3 Å². The molecule has 0 unspecified atom stereocenters. The van der Waals surface area contributed by atoms with Crippen LogP contribution in [0.1, 0.15) is 11.1 Å². The third kappa shape index (κ3) is 3.04. The molecular weight excluding hydrogens is 285 g/mol. The van der Waals surface area contributed by atoms with Crippen molar-refractivity contribution in [3.63, 3.8) is 0 Å². The van der Waals surface area contributed by atoms with Crippen molar-refractivity contribution in [2.24, 2.45) is 0 Å². The molecule has 0 saturated carbocycles. The highest BCUT2D eigenvalue weighted by molar-refractivity contribution is 5.40. The average Bonchev–Trinajstić information content (AvgIpc) is 2.41. The smallest absolute Gasteiger partial charge is 0.429 e. The number of phenolic OH excluding ortho intramolecular Hbond substituents is 1. The summed E-state index contributed by atoms with van der Waals surface area (Å²) in [6, 6.07) is 7.06. The minimum Gasteiger partial charge on any atom is -0.508 e. The van der Waals surface area contributed by atoms with E-state index in [1.807, 2.05) is 0 Å². The minimum atomic E-state index is -3.88. The van der Waals surface area contributed by atoms with Crippen molar-refractivity contribution >= 4 is 0 Å². The van der Waals surface area contributed by atoms with Crippen LogP contribution in [0, 0.1) is 12.7 Å². The Labute approximate surface area is 119 Å². The molecule has 0 aliphatic heterocycles. The van der Waals surface area contributed by atoms with E-state index >= 15 is 0 Å². The van der Waals surface area contributed by atoms with Crippen molar-refractivity contribution in [2.75, 3.05) is 7.11 Å². The Morgan fingerprint density at radius 1 is 1.14 bits per heavy atom. The number of hydrogen-bond acceptors (Lipinski definition) is 3. The van der Waals surface area contributed by atoms with Gasteiger partial charge in [-0.25, -0.2) is 4.39 Å². The summed E-state index contributed by atoms with van der Waals surface area (Å²) in [5.41, 5.74) is -0.932. The Morgan fingerprint density at radius 2 is 1.86 bits per heavy atom. The fourth-order valence-electron chi connectivity index (χ4n) is 1.86. The van der Waals surface area contributed by atoms with Gasteiger partial charge in [-0.05, 0) is 31.2 Å². The van der Waals surface area contributed by atoms with Gasteiger partial charge in [0.15, 0.2) is 0 Å². The Bertz CT molecular complexity index is 657. The van der Waals surface area contributed by atoms with Crippen molar-refractivity contribution in [3.8, 4) is 17.2 Å². The number of aromatic hydroxyl groups is 1. The summed E-state index contributed by atoms with van der Waals surface area (Å²) in [5.74, 6) is -1.42. The molecule has 2 aromatic rings. The predicted octanol–water partition coefficient (Wildman–Crippen LogP) is 3.98. The highest BCUT2D eigenvalue weighted by Crippen LogP contribution is 2.36. The minimum absolute atomic E-state index is 0.0332. The second kappa shape index (κ2) is 5.55. The summed E-state index contributed by atoms with van der Waals surface area (Å²) in [6.45, 7) is 1.34. The normalized spacial score (nSPS) is 11.3. The lowest BCUT2D eigenvalue weighted by atomic mass is 10.1. The third-order valence-electron chi connectivity index (χ3n) is 2.93. The topological polar surface area (TPSA) is 38.7 Å². The summed E-state index contributed by atoms with van der Waals surface area (Å²) < 4.78 is 51.5. The van der Waals surface area contributed by atoms with Gasteiger partial charge in [-0.3, -0.25) is 0 Å². The number of alkyl halides is 2. The molecule has 0 fully saturated rings. The number of methoxy groups -OCH3 is 1. The van der Waals surface area contributed by atoms with E-state index in [1.54, 1.807) is 0 Å². The molecule has 0 heterocycles. The number of phenols is 1. The van der Waals surface area contributed by atoms with Gasteiger partial charge < -0.3 is 14.6 Å². The van der Waals surface area contributed by atoms with Gasteiger partial charge in [-0.1, -0.05) is 6.07 Å². The monoisotopic (exact) mass is 298 g/mol. The number of ether oxygens (including phenoxy) is 2. The largest absolute Gasteiger partial charge is 0.508 e. The molecule has 21 heavy (non-hydrogen) atoms. The molecule has 0 atom stereocenters. The lowest BCUT2D eigenvalue weighted by molar-refractivity contribution is -0.187. The van der Waals surface area contributed by atoms with Crippen LogP contribution in [-0.4, -0.2) is 12.2 Å². The fourth-order valence-corrected chi connectivity index (χ4v) is 1.86. The number of benzene rings is 2. The Morgan fingerprint density at radius 3 is 2.48 bits per heavy atom. The second-order valence-corrected chi connectivity index (χ2v) is 4.37. The molecule has 0 bridgehead atoms. The van der Waals surface area contributed by atoms with Crippen LogP contribution in [0.2, 0.25) is 0 Å². The summed E-state index contributed by atoms with van der Waals surface area (Å²) in [5, 5.41) is 9.23. The van der Waals surface area contributed by atoms with Crippen LogP contribution in [0.3, 0.4) is 0 Å². The van der Waals surface area contributed by atoms with Crippen LogP contribution in [0.25, 0.3) is 0 Å². The first kappa shape index (κ1) is 15.0. The van der Waals surface area contributed by atoms with Crippen molar-refractivity contribution in [1.29, 1.82) is 0 Å². The molecule has 0 spiro atoms. The van der Waals surface area contributed by atoms with Crippen molar-refractivity contribution in [3.05, 3.63) is 53.3 Å². The molecule has 0 aliphatic rings. The van der Waals surface area contributed by atoms with E-state index in [4.69, 9.17) is 4.74 Å². The summed E-state index contributed by atoms with van der Waals surface area (Å²) in [7, 11) is 1.32. The first-order valence-electron chi connectivity index (χ1n) is 6.04. The number of rotatable bonds is 4. The molecule has 0 amide bonds. The molecule has 2 aromatic carbocycles. The van der Waals surface area contributed by atoms with E-state index in [9.17, 15) is 18.3 Å². The first-order valence-corrected chi connectivity index (χ1v) is 6.04. The van der Waals surface area contributed by atoms with Crippen LogP contribution in [-0.2, 0) is 6.11 Å². The summed E-state index contributed by atoms with van der Waals surface area (Å²) >= 11 is 0. The van der Waals surface area contributed by atoms with E-state index in [0.29, 0.717) is 0 Å². The van der Waals surface area contributed by atoms with Gasteiger partial charge in [0.25, 0.3) is 0 Å². The molecule has 0 radical (unpaired) electrons. The van der Waals surface area contributed by atoms with Crippen molar-refractivity contribution in [1.82, 2.24) is 0 Å². The van der Waals surface area contributed by atoms with E-state index in [-0.39, 0.29) is 22.8 Å². The van der Waals surface area contributed by atoms with Crippen LogP contribution in [0.5, 0.6) is 17.2 Å². The molecule has 0 saturated heterocycles. The zero-order chi connectivity index (χ0) is 15.6. The predicted molar refractivity (Wildman–Crippen MR) is 70.3 cm³/mol. The van der Waals surface area contributed by atoms with Crippen molar-refractivity contribution in [2.45, 2.75) is 13.0 Å². The van der Waals surface area contributed by atoms with Crippen LogP contribution in [0.15, 0.2) is 36.4 Å². The second-order valence-electron chi connectivity index (χ2n) is 4.37. The Balaban J connectivity index is 2.37. The molecule has 3 nitrogen and oxygen atoms in total. The van der Waals surface area contributed by atoms with E-state index < -0.39 is 17.5 Å². The highest BCUT2D eigenvalue weighted by atomic mass is 19.3. The first-order chi connectivity index (χ1) is 9.85. The molecule has 0 aromatic heterocycles. The van der Waals surface area contributed by atoms with Crippen LogP contribution < -0.4 is 9.47 Å². The Kier molecular flexibility index (Phi) is 3.97. The maximum Gasteiger partial charge on any atom is 0.429 e. The summed E-state index contributed by atoms with van der Waals surface area (Å²) in [6.07, 6.45) is -3.88. The quantitative estimate of drug-likeness (QED) is 0.928. The van der Waals surface area contributed by atoms with Crippen LogP contribution in [0.4, 0.5) is 13.2 Å². The highest BCUT2D eigenvalue weighted by Gasteiger charge is 2.38. The maximum absolute atomic E-state index is 14.1. The van der Waals surface area contributed by atoms with Gasteiger partial charge in [0.1, 0.15) is 28.6 Å². The average molecular weight is 298 g/mol. The molecule has 6 heteroatoms. The molecule has 0 aliphatic carbocycles. The van der Waals surface area contributed by atoms with Gasteiger partial charge in [0.05, 0.1) is 7.11 Å². The number of halogens is 3. The Hall–Kier alpha value is -2.37.